The van der Waals surface area contributed by atoms with E-state index in [1.807, 2.05) is 0 Å². The molecule has 0 bridgehead atoms. The van der Waals surface area contributed by atoms with Gasteiger partial charge in [0.1, 0.15) is 6.04 Å². The van der Waals surface area contributed by atoms with Crippen molar-refractivity contribution in [1.29, 1.82) is 0 Å². The van der Waals surface area contributed by atoms with Gasteiger partial charge < -0.3 is 5.11 Å². The van der Waals surface area contributed by atoms with Gasteiger partial charge in [0.25, 0.3) is 0 Å². The molecule has 0 amide bonds. The molecule has 3 atom stereocenters. The summed E-state index contributed by atoms with van der Waals surface area (Å²) >= 11 is 0. The van der Waals surface area contributed by atoms with E-state index in [0.717, 1.165) is 19.4 Å². The van der Waals surface area contributed by atoms with Crippen LogP contribution in [0.4, 0.5) is 0 Å². The van der Waals surface area contributed by atoms with Crippen LogP contribution in [0.3, 0.4) is 0 Å². The minimum atomic E-state index is -0.617. The Hall–Kier alpha value is -0.570. The van der Waals surface area contributed by atoms with E-state index in [1.165, 1.54) is 25.7 Å². The number of nitrogens with zero attached hydrogens (tertiary/aromatic N) is 1. The minimum absolute atomic E-state index is 0.204. The lowest BCUT2D eigenvalue weighted by Gasteiger charge is -2.39. The van der Waals surface area contributed by atoms with Crippen molar-refractivity contribution < 1.29 is 9.90 Å². The first-order chi connectivity index (χ1) is 7.20. The number of carboxylic acids is 1. The van der Waals surface area contributed by atoms with Crippen LogP contribution in [0, 0.1) is 5.92 Å². The van der Waals surface area contributed by atoms with Gasteiger partial charge in [0.05, 0.1) is 0 Å². The second-order valence-electron chi connectivity index (χ2n) is 5.06. The summed E-state index contributed by atoms with van der Waals surface area (Å²) in [6.07, 6.45) is 6.84. The normalized spacial score (nSPS) is 38.1. The van der Waals surface area contributed by atoms with Crippen LogP contribution in [0.25, 0.3) is 0 Å². The maximum atomic E-state index is 11.2. The average Bonchev–Trinajstić information content (AvgIpc) is 2.64. The van der Waals surface area contributed by atoms with Crippen LogP contribution >= 0.6 is 0 Å². The molecular formula is C12H21NO2. The number of carbonyl (C=O) groups is 1. The molecule has 2 fully saturated rings. The first kappa shape index (κ1) is 10.9. The van der Waals surface area contributed by atoms with E-state index in [4.69, 9.17) is 0 Å². The fourth-order valence-corrected chi connectivity index (χ4v) is 3.23. The molecule has 2 aliphatic rings. The lowest BCUT2D eigenvalue weighted by atomic mass is 9.96. The summed E-state index contributed by atoms with van der Waals surface area (Å²) in [6, 6.07) is 0.329. The predicted octanol–water partition coefficient (Wildman–Crippen LogP) is 2.11. The number of aliphatic carboxylic acids is 1. The van der Waals surface area contributed by atoms with Crippen molar-refractivity contribution in [3.8, 4) is 0 Å². The minimum Gasteiger partial charge on any atom is -0.480 e. The van der Waals surface area contributed by atoms with E-state index in [0.29, 0.717) is 12.0 Å². The van der Waals surface area contributed by atoms with Gasteiger partial charge in [0, 0.05) is 6.04 Å². The molecule has 86 valence electrons. The second-order valence-corrected chi connectivity index (χ2v) is 5.06. The molecule has 1 saturated carbocycles. The van der Waals surface area contributed by atoms with Gasteiger partial charge in [-0.25, -0.2) is 0 Å². The molecule has 3 unspecified atom stereocenters. The fourth-order valence-electron chi connectivity index (χ4n) is 3.23. The summed E-state index contributed by atoms with van der Waals surface area (Å²) in [4.78, 5) is 13.5. The highest BCUT2D eigenvalue weighted by Gasteiger charge is 2.37. The topological polar surface area (TPSA) is 40.5 Å². The first-order valence-corrected chi connectivity index (χ1v) is 6.18. The van der Waals surface area contributed by atoms with Crippen LogP contribution in [0.2, 0.25) is 0 Å². The Bertz CT molecular complexity index is 242. The van der Waals surface area contributed by atoms with Crippen molar-refractivity contribution in [2.24, 2.45) is 5.92 Å². The molecule has 1 aliphatic carbocycles. The van der Waals surface area contributed by atoms with Crippen molar-refractivity contribution in [1.82, 2.24) is 4.90 Å². The summed E-state index contributed by atoms with van der Waals surface area (Å²) in [5, 5.41) is 9.21. The van der Waals surface area contributed by atoms with Crippen molar-refractivity contribution in [3.63, 3.8) is 0 Å². The van der Waals surface area contributed by atoms with Crippen molar-refractivity contribution >= 4 is 5.97 Å². The number of rotatable bonds is 2. The third-order valence-corrected chi connectivity index (χ3v) is 4.07. The molecule has 3 heteroatoms. The van der Waals surface area contributed by atoms with Crippen molar-refractivity contribution in [3.05, 3.63) is 0 Å². The molecule has 0 spiro atoms. The molecule has 15 heavy (non-hydrogen) atoms. The molecule has 1 N–H and O–H groups in total. The highest BCUT2D eigenvalue weighted by molar-refractivity contribution is 5.73. The second kappa shape index (κ2) is 4.52. The summed E-state index contributed by atoms with van der Waals surface area (Å²) < 4.78 is 0. The molecule has 0 aromatic rings. The Morgan fingerprint density at radius 2 is 2.00 bits per heavy atom. The van der Waals surface area contributed by atoms with Gasteiger partial charge in [-0.05, 0) is 38.1 Å². The van der Waals surface area contributed by atoms with Gasteiger partial charge in [-0.2, -0.15) is 0 Å². The molecule has 1 saturated heterocycles. The van der Waals surface area contributed by atoms with E-state index in [9.17, 15) is 9.90 Å². The largest absolute Gasteiger partial charge is 0.480 e. The van der Waals surface area contributed by atoms with Crippen LogP contribution < -0.4 is 0 Å². The standard InChI is InChI=1S/C12H21NO2/c1-9-5-4-7-10(9)13-8-3-2-6-11(13)12(14)15/h9-11H,2-8H2,1H3,(H,14,15). The Balaban J connectivity index is 2.06. The molecule has 3 nitrogen and oxygen atoms in total. The van der Waals surface area contributed by atoms with Crippen LogP contribution in [0.5, 0.6) is 0 Å². The van der Waals surface area contributed by atoms with Gasteiger partial charge in [-0.15, -0.1) is 0 Å². The van der Waals surface area contributed by atoms with Gasteiger partial charge in [-0.1, -0.05) is 19.8 Å². The van der Waals surface area contributed by atoms with Crippen molar-refractivity contribution in [2.45, 2.75) is 57.5 Å². The Labute approximate surface area is 91.5 Å². The summed E-state index contributed by atoms with van der Waals surface area (Å²) in [5.74, 6) is 0.0683. The number of piperidine rings is 1. The highest BCUT2D eigenvalue weighted by atomic mass is 16.4. The predicted molar refractivity (Wildman–Crippen MR) is 58.8 cm³/mol. The number of hydrogen-bond acceptors (Lipinski definition) is 2. The first-order valence-electron chi connectivity index (χ1n) is 6.18. The van der Waals surface area contributed by atoms with E-state index >= 15 is 0 Å². The molecular weight excluding hydrogens is 190 g/mol. The van der Waals surface area contributed by atoms with Gasteiger partial charge in [-0.3, -0.25) is 9.69 Å². The summed E-state index contributed by atoms with van der Waals surface area (Å²) in [6.45, 7) is 3.26. The SMILES string of the molecule is CC1CCCC1N1CCCCC1C(=O)O. The number of likely N-dealkylation sites (tertiary alicyclic amines) is 1. The van der Waals surface area contributed by atoms with Crippen molar-refractivity contribution in [2.75, 3.05) is 6.54 Å². The summed E-state index contributed by atoms with van der Waals surface area (Å²) in [5.41, 5.74) is 0. The Morgan fingerprint density at radius 1 is 1.20 bits per heavy atom. The van der Waals surface area contributed by atoms with Gasteiger partial charge in [0.15, 0.2) is 0 Å². The zero-order chi connectivity index (χ0) is 10.8. The smallest absolute Gasteiger partial charge is 0.320 e. The number of carboxylic acid groups (broad SMARTS) is 1. The maximum Gasteiger partial charge on any atom is 0.320 e. The lowest BCUT2D eigenvalue weighted by Crippen LogP contribution is -2.50. The Morgan fingerprint density at radius 3 is 2.60 bits per heavy atom. The maximum absolute atomic E-state index is 11.2. The summed E-state index contributed by atoms with van der Waals surface area (Å²) in [7, 11) is 0. The molecule has 0 aromatic carbocycles. The molecule has 2 rings (SSSR count). The zero-order valence-electron chi connectivity index (χ0n) is 9.48. The fraction of sp³-hybridized carbons (Fsp3) is 0.917. The van der Waals surface area contributed by atoms with E-state index in [2.05, 4.69) is 11.8 Å². The average molecular weight is 211 g/mol. The monoisotopic (exact) mass is 211 g/mol. The molecule has 0 radical (unpaired) electrons. The lowest BCUT2D eigenvalue weighted by molar-refractivity contribution is -0.146. The molecule has 0 aromatic heterocycles. The van der Waals surface area contributed by atoms with E-state index < -0.39 is 5.97 Å². The Kier molecular flexibility index (Phi) is 3.29. The van der Waals surface area contributed by atoms with E-state index in [1.54, 1.807) is 0 Å². The number of hydrogen-bond donors (Lipinski definition) is 1. The molecule has 1 aliphatic heterocycles. The van der Waals surface area contributed by atoms with Gasteiger partial charge >= 0.3 is 5.97 Å². The zero-order valence-corrected chi connectivity index (χ0v) is 9.48. The third-order valence-electron chi connectivity index (χ3n) is 4.07. The van der Waals surface area contributed by atoms with Gasteiger partial charge in [0.2, 0.25) is 0 Å². The van der Waals surface area contributed by atoms with Crippen LogP contribution in [0.1, 0.15) is 45.4 Å². The van der Waals surface area contributed by atoms with Crippen LogP contribution in [0.15, 0.2) is 0 Å². The van der Waals surface area contributed by atoms with E-state index in [-0.39, 0.29) is 6.04 Å². The quantitative estimate of drug-likeness (QED) is 0.760. The van der Waals surface area contributed by atoms with Crippen LogP contribution in [-0.2, 0) is 4.79 Å². The highest BCUT2D eigenvalue weighted by Crippen LogP contribution is 2.33. The molecule has 1 heterocycles. The third kappa shape index (κ3) is 2.17. The van der Waals surface area contributed by atoms with Crippen LogP contribution in [-0.4, -0.2) is 34.6 Å².